The van der Waals surface area contributed by atoms with Gasteiger partial charge in [0, 0.05) is 17.8 Å². The lowest BCUT2D eigenvalue weighted by Crippen LogP contribution is -2.49. The zero-order valence-electron chi connectivity index (χ0n) is 11.3. The van der Waals surface area contributed by atoms with Crippen LogP contribution in [0.5, 0.6) is 0 Å². The molecule has 0 aromatic carbocycles. The Hall–Kier alpha value is -0.620. The Bertz CT molecular complexity index is 339. The molecule has 6 heteroatoms. The van der Waals surface area contributed by atoms with E-state index >= 15 is 0 Å². The second-order valence-electron chi connectivity index (χ2n) is 4.65. The Kier molecular flexibility index (Phi) is 6.70. The molecule has 5 nitrogen and oxygen atoms in total. The van der Waals surface area contributed by atoms with Crippen molar-refractivity contribution in [3.63, 3.8) is 0 Å². The van der Waals surface area contributed by atoms with Gasteiger partial charge in [-0.05, 0) is 27.7 Å². The van der Waals surface area contributed by atoms with Gasteiger partial charge in [-0.2, -0.15) is 0 Å². The third-order valence-corrected chi connectivity index (χ3v) is 4.19. The third kappa shape index (κ3) is 7.33. The van der Waals surface area contributed by atoms with E-state index in [0.717, 1.165) is 0 Å². The molecule has 0 radical (unpaired) electrons. The average Bonchev–Trinajstić information content (AvgIpc) is 2.15. The van der Waals surface area contributed by atoms with Crippen molar-refractivity contribution < 1.29 is 13.2 Å². The first kappa shape index (κ1) is 16.4. The van der Waals surface area contributed by atoms with Crippen LogP contribution in [0.2, 0.25) is 0 Å². The van der Waals surface area contributed by atoms with Crippen LogP contribution in [0.15, 0.2) is 0 Å². The van der Waals surface area contributed by atoms with E-state index in [1.165, 1.54) is 0 Å². The van der Waals surface area contributed by atoms with Gasteiger partial charge in [-0.25, -0.2) is 8.42 Å². The van der Waals surface area contributed by atoms with E-state index in [-0.39, 0.29) is 35.5 Å². The zero-order valence-corrected chi connectivity index (χ0v) is 12.1. The van der Waals surface area contributed by atoms with Crippen molar-refractivity contribution in [3.05, 3.63) is 0 Å². The molecule has 0 saturated carbocycles. The highest BCUT2D eigenvalue weighted by Crippen LogP contribution is 1.96. The molecule has 0 saturated heterocycles. The molecule has 1 amide bonds. The molecule has 0 aromatic heterocycles. The SMILES string of the molecule is CCS(=O)(=O)CC(C)NC(C)C(=O)NC(C)C. The Balaban J connectivity index is 4.21. The van der Waals surface area contributed by atoms with Gasteiger partial charge < -0.3 is 10.6 Å². The maximum absolute atomic E-state index is 11.6. The molecular weight excluding hydrogens is 240 g/mol. The summed E-state index contributed by atoms with van der Waals surface area (Å²) in [7, 11) is -3.01. The lowest BCUT2D eigenvalue weighted by atomic mass is 10.2. The van der Waals surface area contributed by atoms with Crippen molar-refractivity contribution in [2.45, 2.75) is 52.7 Å². The Labute approximate surface area is 104 Å². The Morgan fingerprint density at radius 3 is 2.12 bits per heavy atom. The minimum absolute atomic E-state index is 0.0583. The van der Waals surface area contributed by atoms with Crippen molar-refractivity contribution in [3.8, 4) is 0 Å². The minimum Gasteiger partial charge on any atom is -0.353 e. The average molecular weight is 264 g/mol. The van der Waals surface area contributed by atoms with Gasteiger partial charge in [-0.1, -0.05) is 6.92 Å². The van der Waals surface area contributed by atoms with Crippen molar-refractivity contribution >= 4 is 15.7 Å². The molecule has 2 N–H and O–H groups in total. The lowest BCUT2D eigenvalue weighted by molar-refractivity contribution is -0.123. The monoisotopic (exact) mass is 264 g/mol. The molecule has 0 bridgehead atoms. The molecule has 0 heterocycles. The fourth-order valence-corrected chi connectivity index (χ4v) is 2.55. The van der Waals surface area contributed by atoms with E-state index in [0.29, 0.717) is 0 Å². The fraction of sp³-hybridized carbons (Fsp3) is 0.909. The van der Waals surface area contributed by atoms with Crippen LogP contribution in [0.4, 0.5) is 0 Å². The van der Waals surface area contributed by atoms with Crippen LogP contribution in [-0.2, 0) is 14.6 Å². The van der Waals surface area contributed by atoms with Gasteiger partial charge in [0.25, 0.3) is 0 Å². The van der Waals surface area contributed by atoms with Crippen LogP contribution in [-0.4, -0.2) is 44.0 Å². The molecule has 0 aromatic rings. The van der Waals surface area contributed by atoms with E-state index in [1.54, 1.807) is 20.8 Å². The number of hydrogen-bond acceptors (Lipinski definition) is 4. The van der Waals surface area contributed by atoms with Crippen LogP contribution in [0, 0.1) is 0 Å². The maximum Gasteiger partial charge on any atom is 0.237 e. The van der Waals surface area contributed by atoms with Crippen LogP contribution in [0.25, 0.3) is 0 Å². The second kappa shape index (κ2) is 6.96. The smallest absolute Gasteiger partial charge is 0.237 e. The molecule has 17 heavy (non-hydrogen) atoms. The van der Waals surface area contributed by atoms with Gasteiger partial charge in [0.2, 0.25) is 5.91 Å². The number of carbonyl (C=O) groups excluding carboxylic acids is 1. The number of nitrogens with one attached hydrogen (secondary N) is 2. The first-order valence-corrected chi connectivity index (χ1v) is 7.77. The molecule has 0 aliphatic rings. The Morgan fingerprint density at radius 2 is 1.71 bits per heavy atom. The summed E-state index contributed by atoms with van der Waals surface area (Å²) in [6, 6.07) is -0.534. The van der Waals surface area contributed by atoms with Crippen LogP contribution >= 0.6 is 0 Å². The predicted molar refractivity (Wildman–Crippen MR) is 69.7 cm³/mol. The molecule has 0 rings (SSSR count). The highest BCUT2D eigenvalue weighted by atomic mass is 32.2. The highest BCUT2D eigenvalue weighted by molar-refractivity contribution is 7.91. The minimum atomic E-state index is -3.01. The molecule has 2 unspecified atom stereocenters. The number of sulfone groups is 1. The first-order valence-electron chi connectivity index (χ1n) is 5.94. The van der Waals surface area contributed by atoms with E-state index in [9.17, 15) is 13.2 Å². The Morgan fingerprint density at radius 1 is 1.18 bits per heavy atom. The van der Waals surface area contributed by atoms with Crippen molar-refractivity contribution in [1.29, 1.82) is 0 Å². The summed E-state index contributed by atoms with van der Waals surface area (Å²) in [6.07, 6.45) is 0. The van der Waals surface area contributed by atoms with Crippen LogP contribution < -0.4 is 10.6 Å². The largest absolute Gasteiger partial charge is 0.353 e. The van der Waals surface area contributed by atoms with Crippen LogP contribution in [0.3, 0.4) is 0 Å². The topological polar surface area (TPSA) is 75.3 Å². The van der Waals surface area contributed by atoms with E-state index in [2.05, 4.69) is 10.6 Å². The van der Waals surface area contributed by atoms with Crippen molar-refractivity contribution in [2.24, 2.45) is 0 Å². The molecule has 102 valence electrons. The quantitative estimate of drug-likeness (QED) is 0.694. The lowest BCUT2D eigenvalue weighted by Gasteiger charge is -2.20. The number of rotatable bonds is 7. The van der Waals surface area contributed by atoms with Gasteiger partial charge in [-0.15, -0.1) is 0 Å². The zero-order chi connectivity index (χ0) is 13.6. The van der Waals surface area contributed by atoms with E-state index < -0.39 is 9.84 Å². The molecule has 0 fully saturated rings. The van der Waals surface area contributed by atoms with E-state index in [4.69, 9.17) is 0 Å². The summed E-state index contributed by atoms with van der Waals surface area (Å²) in [5, 5.41) is 5.76. The standard InChI is InChI=1S/C11H24N2O3S/c1-6-17(15,16)7-9(4)13-10(5)11(14)12-8(2)3/h8-10,13H,6-7H2,1-5H3,(H,12,14). The predicted octanol–water partition coefficient (Wildman–Crippen LogP) is 0.312. The molecule has 2 atom stereocenters. The van der Waals surface area contributed by atoms with E-state index in [1.807, 2.05) is 13.8 Å². The van der Waals surface area contributed by atoms with Gasteiger partial charge in [0.1, 0.15) is 0 Å². The van der Waals surface area contributed by atoms with Gasteiger partial charge in [0.05, 0.1) is 11.8 Å². The summed E-state index contributed by atoms with van der Waals surface area (Å²) in [6.45, 7) is 8.89. The molecule has 0 aliphatic carbocycles. The van der Waals surface area contributed by atoms with Crippen LogP contribution in [0.1, 0.15) is 34.6 Å². The number of carbonyl (C=O) groups is 1. The first-order chi connectivity index (χ1) is 7.68. The third-order valence-electron chi connectivity index (χ3n) is 2.30. The van der Waals surface area contributed by atoms with Gasteiger partial charge in [0.15, 0.2) is 9.84 Å². The van der Waals surface area contributed by atoms with Crippen molar-refractivity contribution in [1.82, 2.24) is 10.6 Å². The summed E-state index contributed by atoms with van der Waals surface area (Å²) < 4.78 is 22.8. The fourth-order valence-electron chi connectivity index (χ4n) is 1.46. The molecule has 0 aliphatic heterocycles. The molecule has 0 spiro atoms. The van der Waals surface area contributed by atoms with Crippen molar-refractivity contribution in [2.75, 3.05) is 11.5 Å². The summed E-state index contributed by atoms with van der Waals surface area (Å²) in [5.41, 5.74) is 0. The number of hydrogen-bond donors (Lipinski definition) is 2. The highest BCUT2D eigenvalue weighted by Gasteiger charge is 2.19. The second-order valence-corrected chi connectivity index (χ2v) is 7.05. The normalized spacial score (nSPS) is 15.6. The summed E-state index contributed by atoms with van der Waals surface area (Å²) in [5.74, 6) is 0.0785. The van der Waals surface area contributed by atoms with Gasteiger partial charge in [-0.3, -0.25) is 4.79 Å². The summed E-state index contributed by atoms with van der Waals surface area (Å²) in [4.78, 5) is 11.6. The summed E-state index contributed by atoms with van der Waals surface area (Å²) >= 11 is 0. The van der Waals surface area contributed by atoms with Gasteiger partial charge >= 0.3 is 0 Å². The number of amides is 1. The molecular formula is C11H24N2O3S. The maximum atomic E-state index is 11.6.